The summed E-state index contributed by atoms with van der Waals surface area (Å²) >= 11 is 0. The number of allylic oxidation sites excluding steroid dienone is 6. The van der Waals surface area contributed by atoms with E-state index in [2.05, 4.69) is 209 Å². The van der Waals surface area contributed by atoms with E-state index in [1.165, 1.54) is 122 Å². The fraction of sp³-hybridized carbons (Fsp3) is 0.115. The Morgan fingerprint density at radius 2 is 1.08 bits per heavy atom. The molecule has 13 rings (SSSR count). The van der Waals surface area contributed by atoms with E-state index in [0.717, 1.165) is 0 Å². The predicted octanol–water partition coefficient (Wildman–Crippen LogP) is 15.5. The number of rotatable bonds is 4. The summed E-state index contributed by atoms with van der Waals surface area (Å²) in [5.74, 6) is 0.743. The first kappa shape index (κ1) is 34.8. The molecule has 0 nitrogen and oxygen atoms in total. The van der Waals surface area contributed by atoms with Crippen LogP contribution in [0.2, 0.25) is 0 Å². The lowest BCUT2D eigenvalue weighted by atomic mass is 9.64. The number of benzene rings is 8. The van der Waals surface area contributed by atoms with Crippen molar-refractivity contribution in [1.29, 1.82) is 0 Å². The van der Waals surface area contributed by atoms with Gasteiger partial charge in [0.15, 0.2) is 0 Å². The van der Waals surface area contributed by atoms with Crippen molar-refractivity contribution >= 4 is 28.0 Å². The molecular formula is C61H44. The Bertz CT molecular complexity index is 3290. The lowest BCUT2D eigenvalue weighted by Gasteiger charge is -2.39. The third-order valence-corrected chi connectivity index (χ3v) is 14.9. The first-order chi connectivity index (χ1) is 30.0. The first-order valence-corrected chi connectivity index (χ1v) is 22.0. The Hall–Kier alpha value is -7.02. The largest absolute Gasteiger partial charge is 0.0622 e. The van der Waals surface area contributed by atoms with Crippen LogP contribution >= 0.6 is 0 Å². The summed E-state index contributed by atoms with van der Waals surface area (Å²) in [6.45, 7) is 6.90. The van der Waals surface area contributed by atoms with Gasteiger partial charge in [0.25, 0.3) is 0 Å². The molecule has 0 bridgehead atoms. The molecule has 288 valence electrons. The average molecular weight is 777 g/mol. The van der Waals surface area contributed by atoms with E-state index in [1.807, 2.05) is 0 Å². The van der Waals surface area contributed by atoms with Crippen molar-refractivity contribution in [2.24, 2.45) is 11.8 Å². The molecule has 1 saturated carbocycles. The lowest BCUT2D eigenvalue weighted by molar-refractivity contribution is 0.588. The summed E-state index contributed by atoms with van der Waals surface area (Å²) in [6.07, 6.45) is 7.66. The smallest absolute Gasteiger partial charge is 0.0208 e. The van der Waals surface area contributed by atoms with Gasteiger partial charge in [-0.25, -0.2) is 0 Å². The van der Waals surface area contributed by atoms with Gasteiger partial charge >= 0.3 is 0 Å². The zero-order chi connectivity index (χ0) is 40.5. The molecule has 0 spiro atoms. The normalized spacial score (nSPS) is 20.0. The van der Waals surface area contributed by atoms with Crippen LogP contribution in [0.15, 0.2) is 199 Å². The van der Waals surface area contributed by atoms with Crippen LogP contribution in [0.25, 0.3) is 61.4 Å². The molecule has 61 heavy (non-hydrogen) atoms. The standard InChI is InChI=1S/C61H44/c1-35-16-15-17-36(2)52(35)45-30-31-47-59-50(33-42-24-13-14-25-43(42)56(45)59)61-55(40-22-11-6-12-23-40)58-46-28-26-37(3)53-48-32-41(38-18-7-4-8-19-38)27-29-44(48)49(57(46)53)34-51(58)54(60(47)61)39-20-9-5-10-21-39/h4-34,55-56,59,61H,1-3H3. The summed E-state index contributed by atoms with van der Waals surface area (Å²) in [5.41, 5.74) is 29.1. The molecule has 0 aliphatic heterocycles. The molecule has 5 aliphatic rings. The Balaban J connectivity index is 1.16. The maximum absolute atomic E-state index is 2.62. The Morgan fingerprint density at radius 3 is 1.85 bits per heavy atom. The van der Waals surface area contributed by atoms with Gasteiger partial charge in [-0.1, -0.05) is 182 Å². The highest BCUT2D eigenvalue weighted by molar-refractivity contribution is 6.19. The molecule has 0 amide bonds. The number of hydrogen-bond acceptors (Lipinski definition) is 0. The minimum atomic E-state index is 0.124. The van der Waals surface area contributed by atoms with Crippen LogP contribution in [-0.4, -0.2) is 0 Å². The summed E-state index contributed by atoms with van der Waals surface area (Å²) in [5, 5.41) is 2.80. The van der Waals surface area contributed by atoms with Gasteiger partial charge in [0, 0.05) is 23.7 Å². The lowest BCUT2D eigenvalue weighted by Crippen LogP contribution is -2.25. The van der Waals surface area contributed by atoms with Gasteiger partial charge in [-0.05, 0) is 155 Å². The van der Waals surface area contributed by atoms with Crippen molar-refractivity contribution in [3.05, 3.63) is 254 Å². The van der Waals surface area contributed by atoms with E-state index >= 15 is 0 Å². The van der Waals surface area contributed by atoms with Gasteiger partial charge in [-0.3, -0.25) is 0 Å². The SMILES string of the molecule is Cc1cccc(C)c1C1=CC=C2C3=C(c4ccccc4)c4cc5c6c(c(C)ccc6c4C(c4ccccc4)C3C3=Cc4ccccc4C1C23)-c1cc(-c2ccccc2)ccc1-5. The highest BCUT2D eigenvalue weighted by Gasteiger charge is 2.54. The summed E-state index contributed by atoms with van der Waals surface area (Å²) in [6, 6.07) is 64.4. The van der Waals surface area contributed by atoms with Gasteiger partial charge in [0.05, 0.1) is 0 Å². The van der Waals surface area contributed by atoms with E-state index in [-0.39, 0.29) is 23.7 Å². The van der Waals surface area contributed by atoms with Crippen molar-refractivity contribution < 1.29 is 0 Å². The quantitative estimate of drug-likeness (QED) is 0.167. The molecule has 0 heterocycles. The van der Waals surface area contributed by atoms with E-state index in [1.54, 1.807) is 5.57 Å². The molecular weight excluding hydrogens is 733 g/mol. The van der Waals surface area contributed by atoms with Gasteiger partial charge in [-0.2, -0.15) is 0 Å². The van der Waals surface area contributed by atoms with Crippen molar-refractivity contribution in [1.82, 2.24) is 0 Å². The molecule has 0 heteroatoms. The molecule has 0 N–H and O–H groups in total. The fourth-order valence-electron chi connectivity index (χ4n) is 12.5. The minimum absolute atomic E-state index is 0.124. The molecule has 0 aromatic heterocycles. The Morgan fingerprint density at radius 1 is 0.410 bits per heavy atom. The molecule has 4 atom stereocenters. The van der Waals surface area contributed by atoms with Crippen LogP contribution in [0.3, 0.4) is 0 Å². The highest BCUT2D eigenvalue weighted by atomic mass is 14.6. The summed E-state index contributed by atoms with van der Waals surface area (Å²) in [7, 11) is 0. The third-order valence-electron chi connectivity index (χ3n) is 14.9. The van der Waals surface area contributed by atoms with Crippen molar-refractivity contribution in [2.45, 2.75) is 32.6 Å². The van der Waals surface area contributed by atoms with Crippen LogP contribution in [0.1, 0.15) is 67.5 Å². The van der Waals surface area contributed by atoms with Crippen molar-refractivity contribution in [3.8, 4) is 33.4 Å². The third kappa shape index (κ3) is 4.82. The number of fused-ring (bicyclic) bond motifs is 10. The Kier molecular flexibility index (Phi) is 7.41. The average Bonchev–Trinajstić information content (AvgIpc) is 3.81. The highest BCUT2D eigenvalue weighted by Crippen LogP contribution is 2.68. The fourth-order valence-corrected chi connectivity index (χ4v) is 12.5. The Labute approximate surface area is 358 Å². The van der Waals surface area contributed by atoms with Crippen molar-refractivity contribution in [2.75, 3.05) is 0 Å². The molecule has 0 saturated heterocycles. The van der Waals surface area contributed by atoms with Crippen LogP contribution in [0, 0.1) is 32.6 Å². The molecule has 0 radical (unpaired) electrons. The van der Waals surface area contributed by atoms with Gasteiger partial charge < -0.3 is 0 Å². The maximum atomic E-state index is 2.62. The minimum Gasteiger partial charge on any atom is -0.0622 e. The van der Waals surface area contributed by atoms with Gasteiger partial charge in [0.1, 0.15) is 0 Å². The van der Waals surface area contributed by atoms with Crippen LogP contribution in [-0.2, 0) is 0 Å². The van der Waals surface area contributed by atoms with E-state index in [9.17, 15) is 0 Å². The molecule has 1 fully saturated rings. The second kappa shape index (κ2) is 13.0. The second-order valence-electron chi connectivity index (χ2n) is 18.0. The van der Waals surface area contributed by atoms with Gasteiger partial charge in [-0.15, -0.1) is 0 Å². The summed E-state index contributed by atoms with van der Waals surface area (Å²) < 4.78 is 0. The van der Waals surface area contributed by atoms with E-state index < -0.39 is 0 Å². The monoisotopic (exact) mass is 776 g/mol. The first-order valence-electron chi connectivity index (χ1n) is 22.0. The number of aryl methyl sites for hydroxylation is 3. The molecule has 4 unspecified atom stereocenters. The van der Waals surface area contributed by atoms with Crippen LogP contribution < -0.4 is 0 Å². The number of hydrogen-bond donors (Lipinski definition) is 0. The zero-order valence-electron chi connectivity index (χ0n) is 34.7. The van der Waals surface area contributed by atoms with Crippen molar-refractivity contribution in [3.63, 3.8) is 0 Å². The predicted molar refractivity (Wildman–Crippen MR) is 255 cm³/mol. The summed E-state index contributed by atoms with van der Waals surface area (Å²) in [4.78, 5) is 0. The zero-order valence-corrected chi connectivity index (χ0v) is 34.7. The van der Waals surface area contributed by atoms with E-state index in [4.69, 9.17) is 0 Å². The molecule has 8 aromatic carbocycles. The topological polar surface area (TPSA) is 0 Å². The maximum Gasteiger partial charge on any atom is 0.0208 e. The van der Waals surface area contributed by atoms with Gasteiger partial charge in [0.2, 0.25) is 0 Å². The van der Waals surface area contributed by atoms with Crippen LogP contribution in [0.4, 0.5) is 0 Å². The molecule has 5 aliphatic carbocycles. The second-order valence-corrected chi connectivity index (χ2v) is 18.0. The van der Waals surface area contributed by atoms with E-state index in [0.29, 0.717) is 0 Å². The molecule has 8 aromatic rings. The van der Waals surface area contributed by atoms with Crippen LogP contribution in [0.5, 0.6) is 0 Å².